The normalized spacial score (nSPS) is 27.7. The number of carbonyl (C=O) groups excluding carboxylic acids is 2. The van der Waals surface area contributed by atoms with Gasteiger partial charge in [-0.2, -0.15) is 0 Å². The van der Waals surface area contributed by atoms with Crippen LogP contribution in [0, 0.1) is 5.92 Å². The molecule has 0 aromatic rings. The molecule has 1 amide bonds. The van der Waals surface area contributed by atoms with Gasteiger partial charge in [0.1, 0.15) is 6.04 Å². The molecule has 0 saturated carbocycles. The number of hydrogen-bond acceptors (Lipinski definition) is 5. The minimum atomic E-state index is -0.552. The number of nitrogens with two attached hydrogens (primary N) is 1. The number of esters is 1. The molecular weight excluding hydrogens is 212 g/mol. The van der Waals surface area contributed by atoms with E-state index in [2.05, 4.69) is 4.74 Å². The fraction of sp³-hybridized carbons (Fsp3) is 0.800. The van der Waals surface area contributed by atoms with Gasteiger partial charge in [-0.15, -0.1) is 0 Å². The number of likely N-dealkylation sites (tertiary alicyclic amines) is 1. The van der Waals surface area contributed by atoms with Crippen LogP contribution in [-0.4, -0.2) is 54.2 Å². The van der Waals surface area contributed by atoms with E-state index in [9.17, 15) is 14.7 Å². The molecule has 1 aliphatic rings. The van der Waals surface area contributed by atoms with Gasteiger partial charge in [-0.05, 0) is 0 Å². The van der Waals surface area contributed by atoms with Gasteiger partial charge in [-0.1, -0.05) is 6.92 Å². The highest BCUT2D eigenvalue weighted by Crippen LogP contribution is 2.20. The predicted octanol–water partition coefficient (Wildman–Crippen LogP) is -1.28. The molecule has 92 valence electrons. The molecule has 1 saturated heterocycles. The van der Waals surface area contributed by atoms with Gasteiger partial charge in [0, 0.05) is 25.4 Å². The summed E-state index contributed by atoms with van der Waals surface area (Å²) in [6.45, 7) is 2.44. The minimum Gasteiger partial charge on any atom is -0.468 e. The second kappa shape index (κ2) is 5.27. The highest BCUT2D eigenvalue weighted by molar-refractivity contribution is 5.77. The van der Waals surface area contributed by atoms with Crippen molar-refractivity contribution in [3.8, 4) is 0 Å². The van der Waals surface area contributed by atoms with E-state index in [1.165, 1.54) is 7.11 Å². The van der Waals surface area contributed by atoms with Crippen LogP contribution >= 0.6 is 0 Å². The third-order valence-corrected chi connectivity index (χ3v) is 2.85. The van der Waals surface area contributed by atoms with Crippen molar-refractivity contribution >= 4 is 11.9 Å². The Morgan fingerprint density at radius 1 is 1.62 bits per heavy atom. The van der Waals surface area contributed by atoms with E-state index in [1.807, 2.05) is 0 Å². The van der Waals surface area contributed by atoms with Gasteiger partial charge in [0.2, 0.25) is 5.91 Å². The molecule has 1 heterocycles. The van der Waals surface area contributed by atoms with Crippen LogP contribution in [0.15, 0.2) is 0 Å². The van der Waals surface area contributed by atoms with E-state index in [0.717, 1.165) is 0 Å². The number of aliphatic hydroxyl groups excluding tert-OH is 1. The Kier molecular flexibility index (Phi) is 4.26. The molecule has 3 N–H and O–H groups in total. The van der Waals surface area contributed by atoms with E-state index in [4.69, 9.17) is 5.73 Å². The minimum absolute atomic E-state index is 0.345. The summed E-state index contributed by atoms with van der Waals surface area (Å²) in [5.74, 6) is -1.14. The van der Waals surface area contributed by atoms with Gasteiger partial charge < -0.3 is 15.6 Å². The number of rotatable bonds is 4. The average Bonchev–Trinajstić information content (AvgIpc) is 2.58. The number of aliphatic hydroxyl groups is 1. The molecule has 3 unspecified atom stereocenters. The lowest BCUT2D eigenvalue weighted by Gasteiger charge is -2.23. The van der Waals surface area contributed by atoms with E-state index in [1.54, 1.807) is 11.8 Å². The number of β-amino-alcohol motifs (C(OH)–C–C–N with tert-alkyl or cyclic N) is 1. The summed E-state index contributed by atoms with van der Waals surface area (Å²) in [5.41, 5.74) is 5.16. The lowest BCUT2D eigenvalue weighted by Crippen LogP contribution is -2.42. The summed E-state index contributed by atoms with van der Waals surface area (Å²) in [7, 11) is 1.31. The Morgan fingerprint density at radius 2 is 2.25 bits per heavy atom. The van der Waals surface area contributed by atoms with Crippen LogP contribution in [0.25, 0.3) is 0 Å². The third kappa shape index (κ3) is 2.93. The van der Waals surface area contributed by atoms with Crippen LogP contribution in [0.5, 0.6) is 0 Å². The lowest BCUT2D eigenvalue weighted by molar-refractivity contribution is -0.146. The molecule has 1 rings (SSSR count). The van der Waals surface area contributed by atoms with E-state index in [-0.39, 0.29) is 11.9 Å². The standard InChI is InChI=1S/C10H18N2O4/c1-6(9(11)14)4-12-5-7(13)3-8(12)10(15)16-2/h6-8,13H,3-5H2,1-2H3,(H2,11,14). The molecule has 3 atom stereocenters. The van der Waals surface area contributed by atoms with Crippen LogP contribution < -0.4 is 5.73 Å². The maximum Gasteiger partial charge on any atom is 0.323 e. The number of carbonyl (C=O) groups is 2. The largest absolute Gasteiger partial charge is 0.468 e. The van der Waals surface area contributed by atoms with Crippen molar-refractivity contribution in [2.24, 2.45) is 11.7 Å². The van der Waals surface area contributed by atoms with Crippen LogP contribution in [0.1, 0.15) is 13.3 Å². The Morgan fingerprint density at radius 3 is 2.75 bits per heavy atom. The Bertz CT molecular complexity index is 282. The van der Waals surface area contributed by atoms with Gasteiger partial charge in [-0.25, -0.2) is 0 Å². The highest BCUT2D eigenvalue weighted by Gasteiger charge is 2.37. The van der Waals surface area contributed by atoms with Gasteiger partial charge >= 0.3 is 5.97 Å². The molecule has 1 aliphatic heterocycles. The van der Waals surface area contributed by atoms with Crippen molar-refractivity contribution in [3.63, 3.8) is 0 Å². The number of hydrogen-bond donors (Lipinski definition) is 2. The zero-order valence-corrected chi connectivity index (χ0v) is 9.55. The summed E-state index contributed by atoms with van der Waals surface area (Å²) in [4.78, 5) is 24.1. The van der Waals surface area contributed by atoms with Crippen LogP contribution in [0.4, 0.5) is 0 Å². The number of amides is 1. The summed E-state index contributed by atoms with van der Waals surface area (Å²) in [6, 6.07) is -0.471. The van der Waals surface area contributed by atoms with E-state index < -0.39 is 18.1 Å². The van der Waals surface area contributed by atoms with E-state index in [0.29, 0.717) is 19.5 Å². The van der Waals surface area contributed by atoms with Crippen LogP contribution in [0.2, 0.25) is 0 Å². The zero-order valence-electron chi connectivity index (χ0n) is 9.55. The second-order valence-electron chi connectivity index (χ2n) is 4.19. The third-order valence-electron chi connectivity index (χ3n) is 2.85. The maximum absolute atomic E-state index is 11.4. The van der Waals surface area contributed by atoms with E-state index >= 15 is 0 Å². The fourth-order valence-electron chi connectivity index (χ4n) is 1.90. The molecule has 1 fully saturated rings. The smallest absolute Gasteiger partial charge is 0.323 e. The highest BCUT2D eigenvalue weighted by atomic mass is 16.5. The molecule has 0 radical (unpaired) electrons. The molecule has 0 aromatic carbocycles. The summed E-state index contributed by atoms with van der Waals surface area (Å²) < 4.78 is 4.65. The molecule has 0 bridgehead atoms. The van der Waals surface area contributed by atoms with Crippen LogP contribution in [-0.2, 0) is 14.3 Å². The second-order valence-corrected chi connectivity index (χ2v) is 4.19. The van der Waals surface area contributed by atoms with Crippen LogP contribution in [0.3, 0.4) is 0 Å². The first-order valence-corrected chi connectivity index (χ1v) is 5.25. The van der Waals surface area contributed by atoms with Gasteiger partial charge in [0.05, 0.1) is 13.2 Å². The first kappa shape index (κ1) is 12.9. The molecule has 0 aliphatic carbocycles. The number of nitrogens with zero attached hydrogens (tertiary/aromatic N) is 1. The Balaban J connectivity index is 2.62. The topological polar surface area (TPSA) is 92.9 Å². The lowest BCUT2D eigenvalue weighted by atomic mass is 10.1. The summed E-state index contributed by atoms with van der Waals surface area (Å²) in [6.07, 6.45) is -0.206. The molecule has 0 aromatic heterocycles. The number of methoxy groups -OCH3 is 1. The summed E-state index contributed by atoms with van der Waals surface area (Å²) >= 11 is 0. The molecule has 6 nitrogen and oxygen atoms in total. The number of ether oxygens (including phenoxy) is 1. The predicted molar refractivity (Wildman–Crippen MR) is 56.4 cm³/mol. The Hall–Kier alpha value is -1.14. The molecular formula is C10H18N2O4. The summed E-state index contributed by atoms with van der Waals surface area (Å²) in [5, 5.41) is 9.50. The van der Waals surface area contributed by atoms with Crippen molar-refractivity contribution in [1.82, 2.24) is 4.90 Å². The van der Waals surface area contributed by atoms with Gasteiger partial charge in [-0.3, -0.25) is 14.5 Å². The van der Waals surface area contributed by atoms with Crippen molar-refractivity contribution < 1.29 is 19.4 Å². The van der Waals surface area contributed by atoms with Crippen molar-refractivity contribution in [1.29, 1.82) is 0 Å². The van der Waals surface area contributed by atoms with Crippen molar-refractivity contribution in [2.75, 3.05) is 20.2 Å². The average molecular weight is 230 g/mol. The first-order valence-electron chi connectivity index (χ1n) is 5.25. The van der Waals surface area contributed by atoms with Crippen molar-refractivity contribution in [2.45, 2.75) is 25.5 Å². The fourth-order valence-corrected chi connectivity index (χ4v) is 1.90. The quantitative estimate of drug-likeness (QED) is 0.586. The first-order chi connectivity index (χ1) is 7.45. The maximum atomic E-state index is 11.4. The zero-order chi connectivity index (χ0) is 12.3. The van der Waals surface area contributed by atoms with Crippen molar-refractivity contribution in [3.05, 3.63) is 0 Å². The Labute approximate surface area is 94.3 Å². The molecule has 16 heavy (non-hydrogen) atoms. The number of primary amides is 1. The van der Waals surface area contributed by atoms with Gasteiger partial charge in [0.25, 0.3) is 0 Å². The van der Waals surface area contributed by atoms with Gasteiger partial charge in [0.15, 0.2) is 0 Å². The SMILES string of the molecule is COC(=O)C1CC(O)CN1CC(C)C(N)=O. The molecule has 0 spiro atoms. The molecule has 6 heteroatoms. The monoisotopic (exact) mass is 230 g/mol.